The van der Waals surface area contributed by atoms with Gasteiger partial charge >= 0.3 is 0 Å². The first-order valence-corrected chi connectivity index (χ1v) is 7.22. The molecular weight excluding hydrogens is 230 g/mol. The maximum atomic E-state index is 6.30. The lowest BCUT2D eigenvalue weighted by Crippen LogP contribution is -2.14. The summed E-state index contributed by atoms with van der Waals surface area (Å²) in [7, 11) is 0. The van der Waals surface area contributed by atoms with Crippen molar-refractivity contribution in [3.8, 4) is 0 Å². The summed E-state index contributed by atoms with van der Waals surface area (Å²) in [4.78, 5) is 0. The fourth-order valence-electron chi connectivity index (χ4n) is 2.74. The second-order valence-corrected chi connectivity index (χ2v) is 5.59. The van der Waals surface area contributed by atoms with Crippen LogP contribution < -0.4 is 5.73 Å². The third-order valence-electron chi connectivity index (χ3n) is 4.24. The molecule has 1 atom stereocenters. The number of rotatable bonds is 4. The Labute approximate surface area is 115 Å². The second kappa shape index (κ2) is 5.58. The van der Waals surface area contributed by atoms with Crippen molar-refractivity contribution in [2.45, 2.75) is 37.6 Å². The summed E-state index contributed by atoms with van der Waals surface area (Å²) in [6.07, 6.45) is 5.01. The first-order valence-electron chi connectivity index (χ1n) is 7.22. The molecule has 0 spiro atoms. The Kier molecular flexibility index (Phi) is 3.65. The van der Waals surface area contributed by atoms with Gasteiger partial charge in [-0.15, -0.1) is 0 Å². The minimum Gasteiger partial charge on any atom is -0.324 e. The van der Waals surface area contributed by atoms with Gasteiger partial charge in [0.1, 0.15) is 0 Å². The van der Waals surface area contributed by atoms with Crippen molar-refractivity contribution in [3.05, 3.63) is 71.3 Å². The minimum absolute atomic E-state index is 0.0952. The standard InChI is InChI=1S/C18H21N/c19-18(13-14-5-2-1-3-6-14)17-11-9-16(10-12-17)15-7-4-8-15/h1-3,5-6,9-12,15,18H,4,7-8,13,19H2. The van der Waals surface area contributed by atoms with E-state index in [1.54, 1.807) is 0 Å². The Bertz CT molecular complexity index is 511. The molecule has 2 aromatic carbocycles. The van der Waals surface area contributed by atoms with Crippen LogP contribution in [0.4, 0.5) is 0 Å². The second-order valence-electron chi connectivity index (χ2n) is 5.59. The average molecular weight is 251 g/mol. The van der Waals surface area contributed by atoms with Crippen molar-refractivity contribution in [2.24, 2.45) is 5.73 Å². The Morgan fingerprint density at radius 1 is 0.947 bits per heavy atom. The van der Waals surface area contributed by atoms with Crippen molar-refractivity contribution in [1.82, 2.24) is 0 Å². The molecule has 2 aromatic rings. The number of hydrogen-bond donors (Lipinski definition) is 1. The van der Waals surface area contributed by atoms with Crippen LogP contribution in [0.15, 0.2) is 54.6 Å². The normalized spacial score (nSPS) is 16.9. The zero-order chi connectivity index (χ0) is 13.1. The number of nitrogens with two attached hydrogens (primary N) is 1. The highest BCUT2D eigenvalue weighted by Gasteiger charge is 2.19. The molecule has 19 heavy (non-hydrogen) atoms. The van der Waals surface area contributed by atoms with Crippen LogP contribution in [0, 0.1) is 0 Å². The van der Waals surface area contributed by atoms with Gasteiger partial charge in [-0.05, 0) is 41.9 Å². The first kappa shape index (κ1) is 12.4. The molecule has 1 nitrogen and oxygen atoms in total. The van der Waals surface area contributed by atoms with Crippen molar-refractivity contribution in [2.75, 3.05) is 0 Å². The molecule has 1 unspecified atom stereocenters. The van der Waals surface area contributed by atoms with Gasteiger partial charge in [-0.25, -0.2) is 0 Å². The molecule has 0 radical (unpaired) electrons. The highest BCUT2D eigenvalue weighted by Crippen LogP contribution is 2.36. The van der Waals surface area contributed by atoms with Crippen LogP contribution in [0.1, 0.15) is 47.9 Å². The molecule has 1 heteroatoms. The van der Waals surface area contributed by atoms with Gasteiger partial charge in [0, 0.05) is 6.04 Å². The third kappa shape index (κ3) is 2.87. The summed E-state index contributed by atoms with van der Waals surface area (Å²) in [6, 6.07) is 19.5. The lowest BCUT2D eigenvalue weighted by molar-refractivity contribution is 0.419. The van der Waals surface area contributed by atoms with Crippen LogP contribution in [0.3, 0.4) is 0 Å². The lowest BCUT2D eigenvalue weighted by Gasteiger charge is -2.26. The smallest absolute Gasteiger partial charge is 0.0335 e. The highest BCUT2D eigenvalue weighted by atomic mass is 14.6. The van der Waals surface area contributed by atoms with Gasteiger partial charge in [0.05, 0.1) is 0 Å². The molecule has 0 heterocycles. The number of hydrogen-bond acceptors (Lipinski definition) is 1. The zero-order valence-electron chi connectivity index (χ0n) is 11.3. The summed E-state index contributed by atoms with van der Waals surface area (Å²) in [6.45, 7) is 0. The van der Waals surface area contributed by atoms with E-state index in [2.05, 4.69) is 48.5 Å². The highest BCUT2D eigenvalue weighted by molar-refractivity contribution is 5.29. The summed E-state index contributed by atoms with van der Waals surface area (Å²) in [5.41, 5.74) is 10.3. The summed E-state index contributed by atoms with van der Waals surface area (Å²) < 4.78 is 0. The Morgan fingerprint density at radius 2 is 1.63 bits per heavy atom. The van der Waals surface area contributed by atoms with Crippen molar-refractivity contribution in [1.29, 1.82) is 0 Å². The lowest BCUT2D eigenvalue weighted by atomic mass is 9.80. The van der Waals surface area contributed by atoms with Gasteiger partial charge in [-0.3, -0.25) is 0 Å². The molecule has 0 aromatic heterocycles. The van der Waals surface area contributed by atoms with Crippen LogP contribution in [0.5, 0.6) is 0 Å². The van der Waals surface area contributed by atoms with E-state index in [1.807, 2.05) is 6.07 Å². The van der Waals surface area contributed by atoms with Gasteiger partial charge in [-0.1, -0.05) is 61.0 Å². The van der Waals surface area contributed by atoms with Crippen LogP contribution in [-0.4, -0.2) is 0 Å². The minimum atomic E-state index is 0.0952. The maximum Gasteiger partial charge on any atom is 0.0335 e. The predicted molar refractivity (Wildman–Crippen MR) is 80.1 cm³/mol. The molecule has 0 bridgehead atoms. The molecule has 1 fully saturated rings. The monoisotopic (exact) mass is 251 g/mol. The first-order chi connectivity index (χ1) is 9.33. The van der Waals surface area contributed by atoms with Crippen molar-refractivity contribution < 1.29 is 0 Å². The fourth-order valence-corrected chi connectivity index (χ4v) is 2.74. The van der Waals surface area contributed by atoms with Gasteiger partial charge in [0.25, 0.3) is 0 Å². The Balaban J connectivity index is 1.67. The van der Waals surface area contributed by atoms with Crippen LogP contribution in [0.2, 0.25) is 0 Å². The van der Waals surface area contributed by atoms with Gasteiger partial charge in [-0.2, -0.15) is 0 Å². The zero-order valence-corrected chi connectivity index (χ0v) is 11.3. The van der Waals surface area contributed by atoms with Crippen molar-refractivity contribution >= 4 is 0 Å². The maximum absolute atomic E-state index is 6.30. The molecule has 0 amide bonds. The van der Waals surface area contributed by atoms with Crippen molar-refractivity contribution in [3.63, 3.8) is 0 Å². The summed E-state index contributed by atoms with van der Waals surface area (Å²) in [5.74, 6) is 0.805. The predicted octanol–water partition coefficient (Wildman–Crippen LogP) is 4.20. The molecule has 3 rings (SSSR count). The van der Waals surface area contributed by atoms with Gasteiger partial charge < -0.3 is 5.73 Å². The Hall–Kier alpha value is -1.60. The molecule has 98 valence electrons. The molecule has 1 aliphatic rings. The van der Waals surface area contributed by atoms with Gasteiger partial charge in [0.2, 0.25) is 0 Å². The van der Waals surface area contributed by atoms with Crippen LogP contribution in [0.25, 0.3) is 0 Å². The van der Waals surface area contributed by atoms with E-state index in [4.69, 9.17) is 5.73 Å². The van der Waals surface area contributed by atoms with Crippen LogP contribution in [-0.2, 0) is 6.42 Å². The van der Waals surface area contributed by atoms with E-state index in [-0.39, 0.29) is 6.04 Å². The topological polar surface area (TPSA) is 26.0 Å². The average Bonchev–Trinajstić information content (AvgIpc) is 2.39. The van der Waals surface area contributed by atoms with Crippen LogP contribution >= 0.6 is 0 Å². The summed E-state index contributed by atoms with van der Waals surface area (Å²) in [5, 5.41) is 0. The quantitative estimate of drug-likeness (QED) is 0.866. The van der Waals surface area contributed by atoms with E-state index in [9.17, 15) is 0 Å². The molecule has 1 saturated carbocycles. The van der Waals surface area contributed by atoms with E-state index in [0.717, 1.165) is 12.3 Å². The third-order valence-corrected chi connectivity index (χ3v) is 4.24. The Morgan fingerprint density at radius 3 is 2.21 bits per heavy atom. The summed E-state index contributed by atoms with van der Waals surface area (Å²) >= 11 is 0. The molecule has 0 saturated heterocycles. The fraction of sp³-hybridized carbons (Fsp3) is 0.333. The molecular formula is C18H21N. The van der Waals surface area contributed by atoms with E-state index in [1.165, 1.54) is 36.0 Å². The van der Waals surface area contributed by atoms with Gasteiger partial charge in [0.15, 0.2) is 0 Å². The SMILES string of the molecule is NC(Cc1ccccc1)c1ccc(C2CCC2)cc1. The molecule has 0 aliphatic heterocycles. The largest absolute Gasteiger partial charge is 0.324 e. The number of benzene rings is 2. The van der Waals surface area contributed by atoms with E-state index < -0.39 is 0 Å². The van der Waals surface area contributed by atoms with E-state index >= 15 is 0 Å². The molecule has 1 aliphatic carbocycles. The molecule has 2 N–H and O–H groups in total. The van der Waals surface area contributed by atoms with E-state index in [0.29, 0.717) is 0 Å².